The van der Waals surface area contributed by atoms with Gasteiger partial charge in [-0.05, 0) is 25.2 Å². The molecule has 1 aromatic rings. The molecule has 1 saturated carbocycles. The standard InChI is InChI=1S/C13H20N2O2S/c1-4-7-15(2)12-9(8-5-6-8)10(14)11(18-12)13(16)17-3/h8H,4-7,14H2,1-3H3. The van der Waals surface area contributed by atoms with Crippen LogP contribution in [0.5, 0.6) is 0 Å². The second kappa shape index (κ2) is 5.18. The van der Waals surface area contributed by atoms with Gasteiger partial charge in [-0.2, -0.15) is 0 Å². The normalized spacial score (nSPS) is 14.6. The summed E-state index contributed by atoms with van der Waals surface area (Å²) in [6, 6.07) is 0. The Kier molecular flexibility index (Phi) is 3.80. The summed E-state index contributed by atoms with van der Waals surface area (Å²) in [5, 5.41) is 1.14. The number of nitrogen functional groups attached to an aromatic ring is 1. The number of nitrogens with two attached hydrogens (primary N) is 1. The minimum Gasteiger partial charge on any atom is -0.465 e. The first-order valence-electron chi connectivity index (χ1n) is 6.31. The average molecular weight is 268 g/mol. The predicted octanol–water partition coefficient (Wildman–Crippen LogP) is 2.84. The van der Waals surface area contributed by atoms with E-state index < -0.39 is 0 Å². The molecular weight excluding hydrogens is 248 g/mol. The fourth-order valence-electron chi connectivity index (χ4n) is 2.18. The molecule has 0 unspecified atom stereocenters. The molecule has 1 heterocycles. The predicted molar refractivity (Wildman–Crippen MR) is 75.6 cm³/mol. The Hall–Kier alpha value is -1.23. The molecular formula is C13H20N2O2S. The lowest BCUT2D eigenvalue weighted by molar-refractivity contribution is 0.0607. The van der Waals surface area contributed by atoms with Crippen molar-refractivity contribution in [2.45, 2.75) is 32.1 Å². The molecule has 0 saturated heterocycles. The zero-order chi connectivity index (χ0) is 13.3. The van der Waals surface area contributed by atoms with Gasteiger partial charge in [-0.25, -0.2) is 4.79 Å². The van der Waals surface area contributed by atoms with Crippen molar-refractivity contribution >= 4 is 28.0 Å². The molecule has 1 fully saturated rings. The summed E-state index contributed by atoms with van der Waals surface area (Å²) in [6.07, 6.45) is 3.43. The highest BCUT2D eigenvalue weighted by Crippen LogP contribution is 2.51. The van der Waals surface area contributed by atoms with Gasteiger partial charge < -0.3 is 15.4 Å². The minimum atomic E-state index is -0.324. The van der Waals surface area contributed by atoms with Gasteiger partial charge in [-0.15, -0.1) is 11.3 Å². The van der Waals surface area contributed by atoms with Gasteiger partial charge >= 0.3 is 5.97 Å². The van der Waals surface area contributed by atoms with E-state index in [0.29, 0.717) is 16.5 Å². The molecule has 0 spiro atoms. The van der Waals surface area contributed by atoms with Crippen LogP contribution in [0.15, 0.2) is 0 Å². The molecule has 2 rings (SSSR count). The summed E-state index contributed by atoms with van der Waals surface area (Å²) in [5.41, 5.74) is 7.93. The average Bonchev–Trinajstić information content (AvgIpc) is 3.12. The molecule has 18 heavy (non-hydrogen) atoms. The monoisotopic (exact) mass is 268 g/mol. The quantitative estimate of drug-likeness (QED) is 0.834. The Bertz CT molecular complexity index is 452. The summed E-state index contributed by atoms with van der Waals surface area (Å²) >= 11 is 1.46. The number of esters is 1. The summed E-state index contributed by atoms with van der Waals surface area (Å²) in [6.45, 7) is 3.12. The van der Waals surface area contributed by atoms with Crippen LogP contribution in [0.1, 0.15) is 47.3 Å². The van der Waals surface area contributed by atoms with E-state index in [2.05, 4.69) is 18.9 Å². The van der Waals surface area contributed by atoms with E-state index in [9.17, 15) is 4.79 Å². The maximum Gasteiger partial charge on any atom is 0.350 e. The molecule has 0 atom stereocenters. The van der Waals surface area contributed by atoms with Crippen molar-refractivity contribution in [3.8, 4) is 0 Å². The zero-order valence-electron chi connectivity index (χ0n) is 11.2. The summed E-state index contributed by atoms with van der Waals surface area (Å²) < 4.78 is 4.80. The van der Waals surface area contributed by atoms with Gasteiger partial charge in [0.25, 0.3) is 0 Å². The van der Waals surface area contributed by atoms with E-state index in [-0.39, 0.29) is 5.97 Å². The fraction of sp³-hybridized carbons (Fsp3) is 0.615. The maximum absolute atomic E-state index is 11.7. The van der Waals surface area contributed by atoms with E-state index in [0.717, 1.165) is 23.5 Å². The van der Waals surface area contributed by atoms with Crippen LogP contribution in [-0.4, -0.2) is 26.7 Å². The van der Waals surface area contributed by atoms with E-state index in [4.69, 9.17) is 10.5 Å². The van der Waals surface area contributed by atoms with Crippen LogP contribution in [0, 0.1) is 0 Å². The van der Waals surface area contributed by atoms with Gasteiger partial charge in [0.05, 0.1) is 17.8 Å². The number of carbonyl (C=O) groups excluding carboxylic acids is 1. The molecule has 0 aromatic carbocycles. The second-order valence-corrected chi connectivity index (χ2v) is 5.75. The van der Waals surface area contributed by atoms with E-state index in [1.165, 1.54) is 31.3 Å². The highest BCUT2D eigenvalue weighted by atomic mass is 32.1. The van der Waals surface area contributed by atoms with Crippen molar-refractivity contribution in [3.63, 3.8) is 0 Å². The molecule has 5 heteroatoms. The Morgan fingerprint density at radius 3 is 2.72 bits per heavy atom. The summed E-state index contributed by atoms with van der Waals surface area (Å²) in [4.78, 5) is 14.5. The molecule has 2 N–H and O–H groups in total. The van der Waals surface area contributed by atoms with Crippen molar-refractivity contribution in [1.82, 2.24) is 0 Å². The number of rotatable bonds is 5. The first-order valence-corrected chi connectivity index (χ1v) is 7.13. The zero-order valence-corrected chi connectivity index (χ0v) is 12.0. The molecule has 1 aliphatic rings. The van der Waals surface area contributed by atoms with Gasteiger partial charge in [-0.1, -0.05) is 6.92 Å². The third-order valence-electron chi connectivity index (χ3n) is 3.23. The smallest absolute Gasteiger partial charge is 0.350 e. The molecule has 4 nitrogen and oxygen atoms in total. The Morgan fingerprint density at radius 1 is 1.56 bits per heavy atom. The molecule has 0 bridgehead atoms. The van der Waals surface area contributed by atoms with Crippen LogP contribution in [0.25, 0.3) is 0 Å². The largest absolute Gasteiger partial charge is 0.465 e. The fourth-order valence-corrected chi connectivity index (χ4v) is 3.39. The molecule has 1 aromatic heterocycles. The molecule has 0 radical (unpaired) electrons. The highest BCUT2D eigenvalue weighted by molar-refractivity contribution is 7.18. The van der Waals surface area contributed by atoms with Crippen molar-refractivity contribution in [2.75, 3.05) is 31.3 Å². The molecule has 0 aliphatic heterocycles. The first-order chi connectivity index (χ1) is 8.60. The Labute approximate surface area is 112 Å². The van der Waals surface area contributed by atoms with Crippen LogP contribution >= 0.6 is 11.3 Å². The molecule has 100 valence electrons. The third kappa shape index (κ3) is 2.32. The number of carbonyl (C=O) groups is 1. The lowest BCUT2D eigenvalue weighted by Gasteiger charge is -2.18. The lowest BCUT2D eigenvalue weighted by atomic mass is 10.1. The maximum atomic E-state index is 11.7. The molecule has 0 amide bonds. The van der Waals surface area contributed by atoms with Gasteiger partial charge in [0, 0.05) is 19.2 Å². The van der Waals surface area contributed by atoms with Crippen LogP contribution in [0.4, 0.5) is 10.7 Å². The van der Waals surface area contributed by atoms with E-state index in [1.54, 1.807) is 0 Å². The number of hydrogen-bond donors (Lipinski definition) is 1. The van der Waals surface area contributed by atoms with Crippen LogP contribution in [-0.2, 0) is 4.74 Å². The lowest BCUT2D eigenvalue weighted by Crippen LogP contribution is -2.17. The van der Waals surface area contributed by atoms with Gasteiger partial charge in [0.15, 0.2) is 0 Å². The van der Waals surface area contributed by atoms with Crippen LogP contribution in [0.3, 0.4) is 0 Å². The highest BCUT2D eigenvalue weighted by Gasteiger charge is 2.34. The number of ether oxygens (including phenoxy) is 1. The second-order valence-electron chi connectivity index (χ2n) is 4.75. The third-order valence-corrected chi connectivity index (χ3v) is 4.54. The number of thiophene rings is 1. The van der Waals surface area contributed by atoms with Crippen molar-refractivity contribution in [3.05, 3.63) is 10.4 Å². The van der Waals surface area contributed by atoms with Gasteiger partial charge in [0.1, 0.15) is 4.88 Å². The van der Waals surface area contributed by atoms with Crippen molar-refractivity contribution in [1.29, 1.82) is 0 Å². The van der Waals surface area contributed by atoms with Crippen LogP contribution < -0.4 is 10.6 Å². The van der Waals surface area contributed by atoms with E-state index in [1.807, 2.05) is 0 Å². The minimum absolute atomic E-state index is 0.324. The van der Waals surface area contributed by atoms with Gasteiger partial charge in [-0.3, -0.25) is 0 Å². The number of anilines is 2. The van der Waals surface area contributed by atoms with Crippen LogP contribution in [0.2, 0.25) is 0 Å². The summed E-state index contributed by atoms with van der Waals surface area (Å²) in [5.74, 6) is 0.213. The Balaban J connectivity index is 2.40. The molecule has 1 aliphatic carbocycles. The van der Waals surface area contributed by atoms with Crippen molar-refractivity contribution in [2.24, 2.45) is 0 Å². The number of methoxy groups -OCH3 is 1. The van der Waals surface area contributed by atoms with Gasteiger partial charge in [0.2, 0.25) is 0 Å². The summed E-state index contributed by atoms with van der Waals surface area (Å²) in [7, 11) is 3.45. The Morgan fingerprint density at radius 2 is 2.22 bits per heavy atom. The number of nitrogens with zero attached hydrogens (tertiary/aromatic N) is 1. The topological polar surface area (TPSA) is 55.6 Å². The van der Waals surface area contributed by atoms with E-state index >= 15 is 0 Å². The number of hydrogen-bond acceptors (Lipinski definition) is 5. The SMILES string of the molecule is CCCN(C)c1sc(C(=O)OC)c(N)c1C1CC1. The first kappa shape index (κ1) is 13.2. The van der Waals surface area contributed by atoms with Crippen molar-refractivity contribution < 1.29 is 9.53 Å².